The predicted molar refractivity (Wildman–Crippen MR) is 46.6 cm³/mol. The Morgan fingerprint density at radius 2 is 1.50 bits per heavy atom. The van der Waals surface area contributed by atoms with Crippen LogP contribution < -0.4 is 0 Å². The summed E-state index contributed by atoms with van der Waals surface area (Å²) in [7, 11) is 0. The van der Waals surface area contributed by atoms with Crippen molar-refractivity contribution in [1.29, 1.82) is 0 Å². The minimum absolute atomic E-state index is 0.434. The quantitative estimate of drug-likeness (QED) is 0.543. The van der Waals surface area contributed by atoms with Gasteiger partial charge in [0.2, 0.25) is 0 Å². The largest absolute Gasteiger partial charge is 0.303 e. The fourth-order valence-electron chi connectivity index (χ4n) is 4.17. The molecular weight excluding hydrogens is 148 g/mol. The van der Waals surface area contributed by atoms with Crippen molar-refractivity contribution in [3.05, 3.63) is 0 Å². The zero-order valence-corrected chi connectivity index (χ0v) is 7.41. The van der Waals surface area contributed by atoms with Crippen LogP contribution in [0, 0.1) is 29.6 Å². The van der Waals surface area contributed by atoms with Crippen molar-refractivity contribution in [2.24, 2.45) is 29.6 Å². The first-order valence-corrected chi connectivity index (χ1v) is 5.34. The second-order valence-electron chi connectivity index (χ2n) is 5.03. The van der Waals surface area contributed by atoms with Gasteiger partial charge in [-0.25, -0.2) is 0 Å². The zero-order chi connectivity index (χ0) is 8.13. The Bertz CT molecular complexity index is 193. The highest BCUT2D eigenvalue weighted by molar-refractivity contribution is 5.54. The van der Waals surface area contributed by atoms with E-state index >= 15 is 0 Å². The molecule has 1 heteroatoms. The number of rotatable bonds is 1. The van der Waals surface area contributed by atoms with Gasteiger partial charge in [0.15, 0.2) is 0 Å². The molecule has 0 saturated heterocycles. The topological polar surface area (TPSA) is 17.1 Å². The highest BCUT2D eigenvalue weighted by Crippen LogP contribution is 2.59. The summed E-state index contributed by atoms with van der Waals surface area (Å²) in [6.45, 7) is 0. The maximum atomic E-state index is 10.7. The van der Waals surface area contributed by atoms with Crippen LogP contribution in [0.1, 0.15) is 32.1 Å². The van der Waals surface area contributed by atoms with E-state index in [1.165, 1.54) is 38.4 Å². The van der Waals surface area contributed by atoms with Crippen LogP contribution in [0.15, 0.2) is 0 Å². The molecule has 3 saturated carbocycles. The molecular formula is C11H16O. The monoisotopic (exact) mass is 164 g/mol. The van der Waals surface area contributed by atoms with Crippen LogP contribution in [-0.2, 0) is 4.79 Å². The van der Waals surface area contributed by atoms with Crippen LogP contribution in [0.3, 0.4) is 0 Å². The van der Waals surface area contributed by atoms with Gasteiger partial charge in [-0.2, -0.15) is 0 Å². The second-order valence-corrected chi connectivity index (χ2v) is 5.03. The summed E-state index contributed by atoms with van der Waals surface area (Å²) in [6, 6.07) is 0. The van der Waals surface area contributed by atoms with Gasteiger partial charge in [0.1, 0.15) is 6.29 Å². The second kappa shape index (κ2) is 2.34. The summed E-state index contributed by atoms with van der Waals surface area (Å²) in [4.78, 5) is 10.7. The van der Waals surface area contributed by atoms with Crippen molar-refractivity contribution in [3.63, 3.8) is 0 Å². The summed E-state index contributed by atoms with van der Waals surface area (Å²) < 4.78 is 0. The maximum Gasteiger partial charge on any atom is 0.123 e. The van der Waals surface area contributed by atoms with Crippen LogP contribution in [0.2, 0.25) is 0 Å². The fraction of sp³-hybridized carbons (Fsp3) is 0.909. The van der Waals surface area contributed by atoms with Gasteiger partial charge in [-0.05, 0) is 55.8 Å². The third kappa shape index (κ3) is 0.773. The molecule has 66 valence electrons. The summed E-state index contributed by atoms with van der Waals surface area (Å²) in [6.07, 6.45) is 8.11. The summed E-state index contributed by atoms with van der Waals surface area (Å²) >= 11 is 0. The van der Waals surface area contributed by atoms with Crippen molar-refractivity contribution in [2.45, 2.75) is 32.1 Å². The maximum absolute atomic E-state index is 10.7. The predicted octanol–water partition coefficient (Wildman–Crippen LogP) is 2.26. The molecule has 5 atom stereocenters. The van der Waals surface area contributed by atoms with E-state index in [4.69, 9.17) is 0 Å². The highest BCUT2D eigenvalue weighted by Gasteiger charge is 2.51. The average molecular weight is 164 g/mol. The number of carbonyl (C=O) groups is 1. The molecule has 0 aromatic rings. The molecule has 0 aromatic carbocycles. The van der Waals surface area contributed by atoms with Gasteiger partial charge in [-0.3, -0.25) is 0 Å². The van der Waals surface area contributed by atoms with Gasteiger partial charge in [0.05, 0.1) is 0 Å². The first-order chi connectivity index (χ1) is 5.88. The van der Waals surface area contributed by atoms with Crippen LogP contribution in [0.5, 0.6) is 0 Å². The Kier molecular flexibility index (Phi) is 1.38. The minimum atomic E-state index is 0.434. The molecule has 0 aromatic heterocycles. The number of carbonyl (C=O) groups excluding carboxylic acids is 1. The van der Waals surface area contributed by atoms with Gasteiger partial charge in [-0.15, -0.1) is 0 Å². The Labute approximate surface area is 73.5 Å². The van der Waals surface area contributed by atoms with E-state index in [2.05, 4.69) is 0 Å². The van der Waals surface area contributed by atoms with E-state index in [1.54, 1.807) is 0 Å². The number of hydrogen-bond acceptors (Lipinski definition) is 1. The smallest absolute Gasteiger partial charge is 0.123 e. The van der Waals surface area contributed by atoms with E-state index in [1.807, 2.05) is 0 Å². The Balaban J connectivity index is 1.82. The number of aldehydes is 1. The Morgan fingerprint density at radius 3 is 2.00 bits per heavy atom. The molecule has 0 radical (unpaired) electrons. The van der Waals surface area contributed by atoms with Crippen molar-refractivity contribution in [2.75, 3.05) is 0 Å². The van der Waals surface area contributed by atoms with E-state index in [0.717, 1.165) is 23.7 Å². The van der Waals surface area contributed by atoms with Gasteiger partial charge in [-0.1, -0.05) is 0 Å². The third-order valence-electron chi connectivity index (χ3n) is 4.62. The van der Waals surface area contributed by atoms with E-state index in [-0.39, 0.29) is 0 Å². The van der Waals surface area contributed by atoms with E-state index < -0.39 is 0 Å². The first-order valence-electron chi connectivity index (χ1n) is 5.34. The molecule has 1 nitrogen and oxygen atoms in total. The molecule has 0 amide bonds. The molecule has 0 heterocycles. The highest BCUT2D eigenvalue weighted by atomic mass is 16.1. The molecule has 0 N–H and O–H groups in total. The van der Waals surface area contributed by atoms with Crippen molar-refractivity contribution >= 4 is 6.29 Å². The lowest BCUT2D eigenvalue weighted by molar-refractivity contribution is -0.111. The van der Waals surface area contributed by atoms with Gasteiger partial charge < -0.3 is 4.79 Å². The average Bonchev–Trinajstić information content (AvgIpc) is 2.75. The van der Waals surface area contributed by atoms with Crippen LogP contribution >= 0.6 is 0 Å². The van der Waals surface area contributed by atoms with E-state index in [9.17, 15) is 4.79 Å². The summed E-state index contributed by atoms with van der Waals surface area (Å²) in [5, 5.41) is 0. The van der Waals surface area contributed by atoms with Crippen LogP contribution in [-0.4, -0.2) is 6.29 Å². The molecule has 2 bridgehead atoms. The van der Waals surface area contributed by atoms with Crippen molar-refractivity contribution in [1.82, 2.24) is 0 Å². The number of hydrogen-bond donors (Lipinski definition) is 0. The van der Waals surface area contributed by atoms with Crippen molar-refractivity contribution < 1.29 is 4.79 Å². The molecule has 3 rings (SSSR count). The van der Waals surface area contributed by atoms with Gasteiger partial charge in [0, 0.05) is 5.92 Å². The zero-order valence-electron chi connectivity index (χ0n) is 7.41. The summed E-state index contributed by atoms with van der Waals surface area (Å²) in [5.74, 6) is 4.39. The molecule has 3 aliphatic carbocycles. The Morgan fingerprint density at radius 1 is 0.917 bits per heavy atom. The lowest BCUT2D eigenvalue weighted by Gasteiger charge is -2.23. The fourth-order valence-corrected chi connectivity index (χ4v) is 4.17. The number of fused-ring (bicyclic) bond motifs is 5. The first kappa shape index (κ1) is 7.11. The van der Waals surface area contributed by atoms with E-state index in [0.29, 0.717) is 5.92 Å². The molecule has 0 spiro atoms. The lowest BCUT2D eigenvalue weighted by atomic mass is 9.82. The molecule has 0 aliphatic heterocycles. The molecule has 3 aliphatic rings. The lowest BCUT2D eigenvalue weighted by Crippen LogP contribution is -2.15. The minimum Gasteiger partial charge on any atom is -0.303 e. The van der Waals surface area contributed by atoms with Crippen LogP contribution in [0.4, 0.5) is 0 Å². The standard InChI is InChI=1S/C11H16O/c12-6-7-3-10-8-1-2-9(5-8)11(10)4-7/h6-11H,1-5H2/t7?,8?,9?,10-,11?/m1/s1. The third-order valence-corrected chi connectivity index (χ3v) is 4.62. The van der Waals surface area contributed by atoms with Gasteiger partial charge >= 0.3 is 0 Å². The molecule has 12 heavy (non-hydrogen) atoms. The molecule has 3 fully saturated rings. The van der Waals surface area contributed by atoms with Crippen molar-refractivity contribution in [3.8, 4) is 0 Å². The van der Waals surface area contributed by atoms with Crippen LogP contribution in [0.25, 0.3) is 0 Å². The Hall–Kier alpha value is -0.330. The van der Waals surface area contributed by atoms with Gasteiger partial charge in [0.25, 0.3) is 0 Å². The molecule has 4 unspecified atom stereocenters. The summed E-state index contributed by atoms with van der Waals surface area (Å²) in [5.41, 5.74) is 0. The SMILES string of the molecule is O=CC1CC2C3CCC(C3)[C@H]2C1. The normalized spacial score (nSPS) is 55.8.